The lowest BCUT2D eigenvalue weighted by atomic mass is 10.8. The first kappa shape index (κ1) is 10.0. The van der Waals surface area contributed by atoms with Crippen LogP contribution < -0.4 is 0 Å². The second kappa shape index (κ2) is 16.8. The van der Waals surface area contributed by atoms with Crippen LogP contribution in [0.25, 0.3) is 0 Å². The molecule has 0 aromatic carbocycles. The Hall–Kier alpha value is -1.08. The fraction of sp³-hybridized carbons (Fsp3) is 0.429. The van der Waals surface area contributed by atoms with Gasteiger partial charge < -0.3 is 4.74 Å². The monoisotopic (exact) mass is 110 g/mol. The highest BCUT2D eigenvalue weighted by molar-refractivity contribution is 4.84. The molecule has 0 atom stereocenters. The van der Waals surface area contributed by atoms with Crippen LogP contribution in [0.3, 0.4) is 0 Å². The van der Waals surface area contributed by atoms with E-state index in [9.17, 15) is 0 Å². The predicted molar refractivity (Wildman–Crippen MR) is 35.0 cm³/mol. The van der Waals surface area contributed by atoms with Gasteiger partial charge in [0.1, 0.15) is 6.11 Å². The smallest absolute Gasteiger partial charge is 0.109 e. The van der Waals surface area contributed by atoms with Gasteiger partial charge >= 0.3 is 0 Å². The molecular formula is C7H10O. The topological polar surface area (TPSA) is 9.23 Å². The molecule has 0 saturated carbocycles. The summed E-state index contributed by atoms with van der Waals surface area (Å²) < 4.78 is 4.33. The molecule has 1 heteroatoms. The van der Waals surface area contributed by atoms with E-state index in [0.29, 0.717) is 0 Å². The van der Waals surface area contributed by atoms with Crippen LogP contribution in [0.15, 0.2) is 0 Å². The Morgan fingerprint density at radius 2 is 1.75 bits per heavy atom. The molecule has 0 unspecified atom stereocenters. The summed E-state index contributed by atoms with van der Waals surface area (Å²) in [5.41, 5.74) is 0. The summed E-state index contributed by atoms with van der Waals surface area (Å²) in [5.74, 6) is 4.80. The molecule has 1 nitrogen and oxygen atoms in total. The summed E-state index contributed by atoms with van der Waals surface area (Å²) >= 11 is 0. The molecule has 0 aliphatic carbocycles. The van der Waals surface area contributed by atoms with Gasteiger partial charge in [-0.3, -0.25) is 0 Å². The van der Waals surface area contributed by atoms with Crippen molar-refractivity contribution >= 4 is 0 Å². The first-order chi connectivity index (χ1) is 3.83. The fourth-order valence-electron chi connectivity index (χ4n) is 0.102. The summed E-state index contributed by atoms with van der Waals surface area (Å²) in [7, 11) is 1.54. The highest BCUT2D eigenvalue weighted by Gasteiger charge is 1.43. The minimum atomic E-state index is 1.54. The van der Waals surface area contributed by atoms with Gasteiger partial charge in [0, 0.05) is 6.92 Å². The zero-order chi connectivity index (χ0) is 6.83. The maximum Gasteiger partial charge on any atom is 0.109 e. The van der Waals surface area contributed by atoms with E-state index >= 15 is 0 Å². The van der Waals surface area contributed by atoms with Crippen molar-refractivity contribution in [3.63, 3.8) is 0 Å². The van der Waals surface area contributed by atoms with Gasteiger partial charge in [0.05, 0.1) is 7.11 Å². The minimum Gasteiger partial charge on any atom is -0.450 e. The average molecular weight is 110 g/mol. The van der Waals surface area contributed by atoms with Crippen LogP contribution in [0.1, 0.15) is 13.8 Å². The highest BCUT2D eigenvalue weighted by Crippen LogP contribution is 1.49. The Balaban J connectivity index is 0. The first-order valence-electron chi connectivity index (χ1n) is 2.15. The summed E-state index contributed by atoms with van der Waals surface area (Å²) in [6.45, 7) is 3.38. The largest absolute Gasteiger partial charge is 0.450 e. The zero-order valence-corrected chi connectivity index (χ0v) is 5.49. The van der Waals surface area contributed by atoms with Gasteiger partial charge in [-0.25, -0.2) is 0 Å². The zero-order valence-electron chi connectivity index (χ0n) is 5.49. The van der Waals surface area contributed by atoms with Gasteiger partial charge in [0.25, 0.3) is 0 Å². The molecule has 0 aliphatic rings. The van der Waals surface area contributed by atoms with E-state index in [0.717, 1.165) is 0 Å². The molecule has 0 aromatic heterocycles. The van der Waals surface area contributed by atoms with Gasteiger partial charge in [-0.15, -0.1) is 12.3 Å². The number of hydrogen-bond acceptors (Lipinski definition) is 1. The second-order valence-electron chi connectivity index (χ2n) is 0.845. The number of ether oxygens (including phenoxy) is 1. The highest BCUT2D eigenvalue weighted by atomic mass is 16.5. The van der Waals surface area contributed by atoms with E-state index in [2.05, 4.69) is 29.1 Å². The molecular weight excluding hydrogens is 100 g/mol. The van der Waals surface area contributed by atoms with Crippen LogP contribution in [-0.2, 0) is 4.74 Å². The number of terminal acetylenes is 1. The van der Waals surface area contributed by atoms with Gasteiger partial charge in [0.15, 0.2) is 0 Å². The van der Waals surface area contributed by atoms with E-state index in [-0.39, 0.29) is 0 Å². The Kier molecular flexibility index (Phi) is 21.0. The molecule has 0 aliphatic heterocycles. The number of hydrogen-bond donors (Lipinski definition) is 0. The first-order valence-corrected chi connectivity index (χ1v) is 2.15. The SMILES string of the molecule is C#CC.CC#COC. The quantitative estimate of drug-likeness (QED) is 0.426. The number of methoxy groups -OCH3 is 1. The summed E-state index contributed by atoms with van der Waals surface area (Å²) in [4.78, 5) is 0. The van der Waals surface area contributed by atoms with Gasteiger partial charge in [-0.2, -0.15) is 0 Å². The minimum absolute atomic E-state index is 1.54. The average Bonchev–Trinajstić information content (AvgIpc) is 1.71. The van der Waals surface area contributed by atoms with Crippen LogP contribution in [-0.4, -0.2) is 7.11 Å². The maximum atomic E-state index is 4.60. The van der Waals surface area contributed by atoms with Crippen LogP contribution in [0.5, 0.6) is 0 Å². The second-order valence-corrected chi connectivity index (χ2v) is 0.845. The molecule has 0 aromatic rings. The van der Waals surface area contributed by atoms with Crippen molar-refractivity contribution < 1.29 is 4.74 Å². The Morgan fingerprint density at radius 1 is 1.38 bits per heavy atom. The van der Waals surface area contributed by atoms with Crippen molar-refractivity contribution in [1.82, 2.24) is 0 Å². The molecule has 0 radical (unpaired) electrons. The molecule has 8 heavy (non-hydrogen) atoms. The summed E-state index contributed by atoms with van der Waals surface area (Å²) in [6.07, 6.45) is 6.96. The fourth-order valence-corrected chi connectivity index (χ4v) is 0.102. The lowest BCUT2D eigenvalue weighted by molar-refractivity contribution is 0.372. The Bertz CT molecular complexity index is 109. The molecule has 0 spiro atoms. The van der Waals surface area contributed by atoms with Crippen molar-refractivity contribution in [2.24, 2.45) is 0 Å². The van der Waals surface area contributed by atoms with E-state index in [1.165, 1.54) is 7.11 Å². The van der Waals surface area contributed by atoms with Gasteiger partial charge in [-0.05, 0) is 6.92 Å². The summed E-state index contributed by atoms with van der Waals surface area (Å²) in [5, 5.41) is 0. The van der Waals surface area contributed by atoms with Crippen molar-refractivity contribution in [3.05, 3.63) is 0 Å². The third-order valence-electron chi connectivity index (χ3n) is 0.204. The van der Waals surface area contributed by atoms with Gasteiger partial charge in [-0.1, -0.05) is 5.92 Å². The molecule has 0 heterocycles. The van der Waals surface area contributed by atoms with E-state index < -0.39 is 0 Å². The Morgan fingerprint density at radius 3 is 1.75 bits per heavy atom. The van der Waals surface area contributed by atoms with Crippen LogP contribution in [0, 0.1) is 24.4 Å². The lowest BCUT2D eigenvalue weighted by Gasteiger charge is -1.69. The molecule has 0 bridgehead atoms. The predicted octanol–water partition coefficient (Wildman–Crippen LogP) is 1.25. The van der Waals surface area contributed by atoms with E-state index in [1.807, 2.05) is 0 Å². The third kappa shape index (κ3) is 89.3. The van der Waals surface area contributed by atoms with E-state index in [1.54, 1.807) is 13.8 Å². The molecule has 44 valence electrons. The van der Waals surface area contributed by atoms with Crippen molar-refractivity contribution in [2.45, 2.75) is 13.8 Å². The Labute approximate surface area is 51.0 Å². The van der Waals surface area contributed by atoms with Crippen LogP contribution >= 0.6 is 0 Å². The van der Waals surface area contributed by atoms with Crippen LogP contribution in [0.4, 0.5) is 0 Å². The van der Waals surface area contributed by atoms with Crippen molar-refractivity contribution in [3.8, 4) is 24.4 Å². The lowest BCUT2D eigenvalue weighted by Crippen LogP contribution is -1.59. The van der Waals surface area contributed by atoms with Gasteiger partial charge in [0.2, 0.25) is 0 Å². The third-order valence-corrected chi connectivity index (χ3v) is 0.204. The number of rotatable bonds is 0. The molecule has 0 N–H and O–H groups in total. The van der Waals surface area contributed by atoms with Crippen LogP contribution in [0.2, 0.25) is 0 Å². The van der Waals surface area contributed by atoms with Crippen molar-refractivity contribution in [1.29, 1.82) is 0 Å². The molecule has 0 rings (SSSR count). The summed E-state index contributed by atoms with van der Waals surface area (Å²) in [6, 6.07) is 0. The normalized spacial score (nSPS) is 3.75. The standard InChI is InChI=1S/C4H6O.C3H4/c1-3-4-5-2;1-3-2/h1-2H3;1H,2H3. The molecule has 0 saturated heterocycles. The van der Waals surface area contributed by atoms with E-state index in [4.69, 9.17) is 0 Å². The maximum absolute atomic E-state index is 4.60. The van der Waals surface area contributed by atoms with Crippen molar-refractivity contribution in [2.75, 3.05) is 7.11 Å². The molecule has 0 amide bonds. The molecule has 0 fully saturated rings.